The third kappa shape index (κ3) is 3.83. The van der Waals surface area contributed by atoms with Gasteiger partial charge < -0.3 is 14.4 Å². The fourth-order valence-electron chi connectivity index (χ4n) is 3.05. The van der Waals surface area contributed by atoms with Crippen LogP contribution in [0.3, 0.4) is 0 Å². The number of benzene rings is 1. The van der Waals surface area contributed by atoms with Crippen LogP contribution in [0.2, 0.25) is 0 Å². The summed E-state index contributed by atoms with van der Waals surface area (Å²) in [6.07, 6.45) is 3.82. The maximum atomic E-state index is 14.8. The quantitative estimate of drug-likeness (QED) is 0.228. The number of nitrogens with zero attached hydrogens (tertiary/aromatic N) is 2. The van der Waals surface area contributed by atoms with Gasteiger partial charge in [-0.1, -0.05) is 11.8 Å². The largest absolute Gasteiger partial charge is 0.462 e. The maximum Gasteiger partial charge on any atom is 0.348 e. The van der Waals surface area contributed by atoms with E-state index in [9.17, 15) is 18.4 Å². The molecule has 2 heterocycles. The fourth-order valence-corrected chi connectivity index (χ4v) is 5.01. The van der Waals surface area contributed by atoms with Gasteiger partial charge in [-0.15, -0.1) is 0 Å². The molecule has 0 atom stereocenters. The predicted molar refractivity (Wildman–Crippen MR) is 111 cm³/mol. The highest BCUT2D eigenvalue weighted by molar-refractivity contribution is 8.06. The summed E-state index contributed by atoms with van der Waals surface area (Å²) < 4.78 is 40.6. The van der Waals surface area contributed by atoms with Gasteiger partial charge in [0, 0.05) is 0 Å². The Morgan fingerprint density at radius 3 is 2.31 bits per heavy atom. The molecule has 1 aromatic carbocycles. The summed E-state index contributed by atoms with van der Waals surface area (Å²) in [6, 6.07) is 2.48. The van der Waals surface area contributed by atoms with Crippen molar-refractivity contribution in [2.75, 3.05) is 41.5 Å². The molecule has 0 N–H and O–H groups in total. The molecule has 0 radical (unpaired) electrons. The maximum absolute atomic E-state index is 14.8. The first kappa shape index (κ1) is 21.5. The van der Waals surface area contributed by atoms with Crippen molar-refractivity contribution in [1.82, 2.24) is 0 Å². The van der Waals surface area contributed by atoms with Gasteiger partial charge >= 0.3 is 11.9 Å². The smallest absolute Gasteiger partial charge is 0.348 e. The summed E-state index contributed by atoms with van der Waals surface area (Å²) in [4.78, 5) is 26.7. The standard InChI is InChI=1S/C19H21F2N2O4S2/c1-5-26-18(24)14(19(25)27-6-2)17-23-11(10-28-17)9-22(29(3)4)16-13(23)8-7-12(20)15(16)21/h7-8,10H,5-6,9H2,1-4H3/q+1. The molecule has 0 aliphatic carbocycles. The van der Waals surface area contributed by atoms with Gasteiger partial charge in [-0.05, 0) is 31.4 Å². The van der Waals surface area contributed by atoms with Crippen LogP contribution in [0.4, 0.5) is 20.2 Å². The number of ether oxygens (including phenoxy) is 2. The number of thioether (sulfide) groups is 1. The normalized spacial score (nSPS) is 15.1. The molecule has 2 aliphatic rings. The van der Waals surface area contributed by atoms with E-state index in [1.807, 2.05) is 12.5 Å². The number of hydrogen-bond acceptors (Lipinski definition) is 7. The highest BCUT2D eigenvalue weighted by Crippen LogP contribution is 2.49. The third-order valence-electron chi connectivity index (χ3n) is 4.25. The van der Waals surface area contributed by atoms with Crippen molar-refractivity contribution in [1.29, 1.82) is 0 Å². The average molecular weight is 444 g/mol. The number of rotatable bonds is 5. The minimum Gasteiger partial charge on any atom is -0.462 e. The highest BCUT2D eigenvalue weighted by atomic mass is 32.2. The van der Waals surface area contributed by atoms with Crippen LogP contribution < -0.4 is 9.21 Å². The second-order valence-corrected chi connectivity index (χ2v) is 9.07. The van der Waals surface area contributed by atoms with Gasteiger partial charge in [0.15, 0.2) is 17.2 Å². The molecule has 0 spiro atoms. The summed E-state index contributed by atoms with van der Waals surface area (Å²) >= 11 is 0.767. The van der Waals surface area contributed by atoms with Crippen LogP contribution >= 0.6 is 11.8 Å². The van der Waals surface area contributed by atoms with Crippen molar-refractivity contribution < 1.29 is 27.8 Å². The molecule has 0 saturated carbocycles. The minimum absolute atomic E-state index is 0.0820. The molecular weight excluding hydrogens is 422 g/mol. The molecule has 6 nitrogen and oxygen atoms in total. The fraction of sp³-hybridized carbons (Fsp3) is 0.368. The SMILES string of the molecule is CCOC(=O)C(C(=O)OCC)=C1SC=C2CN([S+](C)C)c3c(ccc(F)c3F)N21. The molecule has 0 amide bonds. The van der Waals surface area contributed by atoms with Crippen molar-refractivity contribution in [2.45, 2.75) is 13.8 Å². The van der Waals surface area contributed by atoms with Crippen LogP contribution in [0.15, 0.2) is 33.8 Å². The zero-order valence-corrected chi connectivity index (χ0v) is 18.1. The lowest BCUT2D eigenvalue weighted by Gasteiger charge is -2.36. The summed E-state index contributed by atoms with van der Waals surface area (Å²) in [7, 11) is 0. The molecule has 0 saturated heterocycles. The average Bonchev–Trinajstić information content (AvgIpc) is 3.08. The zero-order chi connectivity index (χ0) is 21.3. The van der Waals surface area contributed by atoms with E-state index in [0.29, 0.717) is 12.2 Å². The first-order chi connectivity index (χ1) is 13.8. The Kier molecular flexibility index (Phi) is 6.42. The van der Waals surface area contributed by atoms with Crippen LogP contribution in [0.25, 0.3) is 0 Å². The monoisotopic (exact) mass is 443 g/mol. The third-order valence-corrected chi connectivity index (χ3v) is 6.45. The van der Waals surface area contributed by atoms with Crippen molar-refractivity contribution in [3.8, 4) is 0 Å². The van der Waals surface area contributed by atoms with Crippen LogP contribution in [0.1, 0.15) is 13.8 Å². The number of hydrogen-bond donors (Lipinski definition) is 0. The van der Waals surface area contributed by atoms with Gasteiger partial charge in [0.05, 0.1) is 35.7 Å². The van der Waals surface area contributed by atoms with E-state index in [-0.39, 0.29) is 40.6 Å². The lowest BCUT2D eigenvalue weighted by Crippen LogP contribution is -2.41. The Bertz CT molecular complexity index is 898. The van der Waals surface area contributed by atoms with Gasteiger partial charge in [-0.3, -0.25) is 0 Å². The lowest BCUT2D eigenvalue weighted by atomic mass is 10.1. The highest BCUT2D eigenvalue weighted by Gasteiger charge is 2.43. The molecule has 29 heavy (non-hydrogen) atoms. The molecular formula is C19H21F2N2O4S2+. The Labute approximate surface area is 175 Å². The van der Waals surface area contributed by atoms with Crippen LogP contribution in [0.5, 0.6) is 0 Å². The molecule has 2 aliphatic heterocycles. The Morgan fingerprint density at radius 2 is 1.76 bits per heavy atom. The molecule has 3 rings (SSSR count). The second kappa shape index (κ2) is 8.66. The zero-order valence-electron chi connectivity index (χ0n) is 16.5. The molecule has 156 valence electrons. The van der Waals surface area contributed by atoms with Gasteiger partial charge in [0.2, 0.25) is 0 Å². The minimum atomic E-state index is -0.965. The predicted octanol–water partition coefficient (Wildman–Crippen LogP) is 3.31. The molecule has 10 heteroatoms. The first-order valence-corrected chi connectivity index (χ1v) is 11.8. The molecule has 0 unspecified atom stereocenters. The van der Waals surface area contributed by atoms with Crippen molar-refractivity contribution in [3.63, 3.8) is 0 Å². The molecule has 0 aromatic heterocycles. The number of fused-ring (bicyclic) bond motifs is 3. The van der Waals surface area contributed by atoms with Crippen LogP contribution in [-0.2, 0) is 30.1 Å². The molecule has 0 bridgehead atoms. The number of esters is 2. The number of anilines is 2. The van der Waals surface area contributed by atoms with Gasteiger partial charge in [0.25, 0.3) is 0 Å². The van der Waals surface area contributed by atoms with E-state index < -0.39 is 23.6 Å². The van der Waals surface area contributed by atoms with E-state index in [1.165, 1.54) is 6.07 Å². The summed E-state index contributed by atoms with van der Waals surface area (Å²) in [5, 5.41) is 2.05. The summed E-state index contributed by atoms with van der Waals surface area (Å²) in [5.41, 5.74) is 0.938. The van der Waals surface area contributed by atoms with Gasteiger partial charge in [0.1, 0.15) is 29.8 Å². The van der Waals surface area contributed by atoms with E-state index in [1.54, 1.807) is 28.5 Å². The summed E-state index contributed by atoms with van der Waals surface area (Å²) in [6.45, 7) is 3.73. The van der Waals surface area contributed by atoms with E-state index in [0.717, 1.165) is 23.5 Å². The Morgan fingerprint density at radius 1 is 1.14 bits per heavy atom. The van der Waals surface area contributed by atoms with Gasteiger partial charge in [-0.25, -0.2) is 18.4 Å². The number of carbonyl (C=O) groups excluding carboxylic acids is 2. The summed E-state index contributed by atoms with van der Waals surface area (Å²) in [5.74, 6) is -3.56. The first-order valence-electron chi connectivity index (χ1n) is 8.89. The van der Waals surface area contributed by atoms with Crippen molar-refractivity contribution >= 4 is 46.2 Å². The van der Waals surface area contributed by atoms with Crippen molar-refractivity contribution in [3.05, 3.63) is 45.5 Å². The van der Waals surface area contributed by atoms with E-state index >= 15 is 0 Å². The number of carbonyl (C=O) groups is 2. The lowest BCUT2D eigenvalue weighted by molar-refractivity contribution is -0.146. The Balaban J connectivity index is 2.21. The molecule has 1 aromatic rings. The van der Waals surface area contributed by atoms with Crippen LogP contribution in [0, 0.1) is 11.6 Å². The van der Waals surface area contributed by atoms with E-state index in [4.69, 9.17) is 9.47 Å². The topological polar surface area (TPSA) is 59.1 Å². The second-order valence-electron chi connectivity index (χ2n) is 6.22. The molecule has 0 fully saturated rings. The number of halogens is 2. The van der Waals surface area contributed by atoms with E-state index in [2.05, 4.69) is 0 Å². The van der Waals surface area contributed by atoms with Crippen molar-refractivity contribution in [2.24, 2.45) is 0 Å². The Hall–Kier alpha value is -2.20. The van der Waals surface area contributed by atoms with Gasteiger partial charge in [-0.2, -0.15) is 4.31 Å². The van der Waals surface area contributed by atoms with Crippen LogP contribution in [-0.4, -0.2) is 44.2 Å².